The number of nitrogens with zero attached hydrogens (tertiary/aromatic N) is 3. The molecular formula is C18H27N3O2S. The normalized spacial score (nSPS) is 28.5. The van der Waals surface area contributed by atoms with E-state index in [1.165, 1.54) is 11.3 Å². The molecule has 0 aliphatic carbocycles. The number of hydrogen-bond donors (Lipinski definition) is 0. The van der Waals surface area contributed by atoms with Crippen LogP contribution in [0.4, 0.5) is 0 Å². The molecule has 0 radical (unpaired) electrons. The van der Waals surface area contributed by atoms with E-state index in [9.17, 15) is 4.79 Å². The molecule has 1 aromatic heterocycles. The second kappa shape index (κ2) is 6.75. The van der Waals surface area contributed by atoms with E-state index in [4.69, 9.17) is 4.74 Å². The Bertz CT molecular complexity index is 561. The first-order valence-corrected chi connectivity index (χ1v) is 9.93. The van der Waals surface area contributed by atoms with Crippen molar-refractivity contribution in [3.63, 3.8) is 0 Å². The third-order valence-electron chi connectivity index (χ3n) is 5.94. The van der Waals surface area contributed by atoms with Crippen molar-refractivity contribution in [2.24, 2.45) is 0 Å². The molecule has 1 spiro atoms. The van der Waals surface area contributed by atoms with Gasteiger partial charge < -0.3 is 14.5 Å². The second-order valence-corrected chi connectivity index (χ2v) is 8.41. The SMILES string of the molecule is CN1CCN(C2COC3(CCN(C(=O)c4cccs4)CC3)C2)CC1. The van der Waals surface area contributed by atoms with Gasteiger partial charge in [0.15, 0.2) is 0 Å². The Hall–Kier alpha value is -0.950. The van der Waals surface area contributed by atoms with Crippen LogP contribution in [-0.2, 0) is 4.74 Å². The van der Waals surface area contributed by atoms with Crippen molar-refractivity contribution >= 4 is 17.2 Å². The van der Waals surface area contributed by atoms with Crippen LogP contribution in [0.2, 0.25) is 0 Å². The molecule has 1 aromatic rings. The van der Waals surface area contributed by atoms with Crippen LogP contribution in [0.5, 0.6) is 0 Å². The maximum Gasteiger partial charge on any atom is 0.263 e. The number of piperidine rings is 1. The molecule has 3 fully saturated rings. The minimum absolute atomic E-state index is 0.0141. The Kier molecular flexibility index (Phi) is 4.64. The van der Waals surface area contributed by atoms with Gasteiger partial charge in [-0.1, -0.05) is 6.07 Å². The summed E-state index contributed by atoms with van der Waals surface area (Å²) in [7, 11) is 2.20. The predicted molar refractivity (Wildman–Crippen MR) is 95.6 cm³/mol. The summed E-state index contributed by atoms with van der Waals surface area (Å²) >= 11 is 1.53. The van der Waals surface area contributed by atoms with E-state index >= 15 is 0 Å². The fourth-order valence-electron chi connectivity index (χ4n) is 4.26. The van der Waals surface area contributed by atoms with Gasteiger partial charge in [0.05, 0.1) is 17.1 Å². The van der Waals surface area contributed by atoms with Gasteiger partial charge in [-0.2, -0.15) is 0 Å². The van der Waals surface area contributed by atoms with Crippen molar-refractivity contribution < 1.29 is 9.53 Å². The van der Waals surface area contributed by atoms with Crippen molar-refractivity contribution in [1.29, 1.82) is 0 Å². The average molecular weight is 350 g/mol. The summed E-state index contributed by atoms with van der Waals surface area (Å²) in [6.45, 7) is 7.15. The first-order valence-electron chi connectivity index (χ1n) is 9.05. The lowest BCUT2D eigenvalue weighted by Crippen LogP contribution is -2.50. The molecular weight excluding hydrogens is 322 g/mol. The van der Waals surface area contributed by atoms with Gasteiger partial charge in [-0.25, -0.2) is 0 Å². The third-order valence-corrected chi connectivity index (χ3v) is 6.80. The topological polar surface area (TPSA) is 36.0 Å². The van der Waals surface area contributed by atoms with Crippen LogP contribution >= 0.6 is 11.3 Å². The lowest BCUT2D eigenvalue weighted by molar-refractivity contribution is -0.0394. The van der Waals surface area contributed by atoms with Gasteiger partial charge in [0.2, 0.25) is 0 Å². The van der Waals surface area contributed by atoms with Crippen LogP contribution < -0.4 is 0 Å². The molecule has 1 amide bonds. The smallest absolute Gasteiger partial charge is 0.263 e. The highest BCUT2D eigenvalue weighted by molar-refractivity contribution is 7.12. The summed E-state index contributed by atoms with van der Waals surface area (Å²) < 4.78 is 6.30. The van der Waals surface area contributed by atoms with E-state index in [1.54, 1.807) is 0 Å². The van der Waals surface area contributed by atoms with Crippen molar-refractivity contribution in [1.82, 2.24) is 14.7 Å². The average Bonchev–Trinajstić information content (AvgIpc) is 3.26. The van der Waals surface area contributed by atoms with E-state index in [0.717, 1.165) is 70.0 Å². The lowest BCUT2D eigenvalue weighted by atomic mass is 9.87. The number of likely N-dealkylation sites (N-methyl/N-ethyl adjacent to an activating group) is 1. The van der Waals surface area contributed by atoms with E-state index in [0.29, 0.717) is 6.04 Å². The summed E-state index contributed by atoms with van der Waals surface area (Å²) in [6, 6.07) is 4.44. The highest BCUT2D eigenvalue weighted by Gasteiger charge is 2.45. The fraction of sp³-hybridized carbons (Fsp3) is 0.722. The summed E-state index contributed by atoms with van der Waals surface area (Å²) in [5.41, 5.74) is 0.0141. The first kappa shape index (κ1) is 16.5. The number of carbonyl (C=O) groups excluding carboxylic acids is 1. The Labute approximate surface area is 148 Å². The van der Waals surface area contributed by atoms with Crippen molar-refractivity contribution in [3.8, 4) is 0 Å². The summed E-state index contributed by atoms with van der Waals surface area (Å²) in [4.78, 5) is 20.4. The standard InChI is InChI=1S/C18H27N3O2S/c1-19-8-10-20(11-9-19)15-13-18(23-14-15)4-6-21(7-5-18)17(22)16-3-2-12-24-16/h2-3,12,15H,4-11,13-14H2,1H3. The van der Waals surface area contributed by atoms with Crippen LogP contribution in [0.3, 0.4) is 0 Å². The zero-order valence-corrected chi connectivity index (χ0v) is 15.3. The molecule has 0 aromatic carbocycles. The van der Waals surface area contributed by atoms with Crippen molar-refractivity contribution in [2.75, 3.05) is 52.9 Å². The van der Waals surface area contributed by atoms with Gasteiger partial charge in [-0.15, -0.1) is 11.3 Å². The molecule has 24 heavy (non-hydrogen) atoms. The minimum atomic E-state index is 0.0141. The van der Waals surface area contributed by atoms with Crippen LogP contribution in [0.25, 0.3) is 0 Å². The molecule has 4 heterocycles. The molecule has 1 unspecified atom stereocenters. The quantitative estimate of drug-likeness (QED) is 0.815. The molecule has 3 aliphatic rings. The van der Waals surface area contributed by atoms with Gasteiger partial charge in [0.25, 0.3) is 5.91 Å². The molecule has 0 bridgehead atoms. The van der Waals surface area contributed by atoms with Gasteiger partial charge in [-0.3, -0.25) is 9.69 Å². The number of hydrogen-bond acceptors (Lipinski definition) is 5. The molecule has 3 saturated heterocycles. The highest BCUT2D eigenvalue weighted by Crippen LogP contribution is 2.38. The maximum atomic E-state index is 12.5. The number of carbonyl (C=O) groups is 1. The maximum absolute atomic E-state index is 12.5. The highest BCUT2D eigenvalue weighted by atomic mass is 32.1. The van der Waals surface area contributed by atoms with Crippen LogP contribution in [-0.4, -0.2) is 85.2 Å². The predicted octanol–water partition coefficient (Wildman–Crippen LogP) is 1.76. The largest absolute Gasteiger partial charge is 0.373 e. The number of thiophene rings is 1. The van der Waals surface area contributed by atoms with E-state index in [1.807, 2.05) is 22.4 Å². The first-order chi connectivity index (χ1) is 11.7. The van der Waals surface area contributed by atoms with Gasteiger partial charge in [-0.05, 0) is 37.8 Å². The third kappa shape index (κ3) is 3.25. The van der Waals surface area contributed by atoms with Crippen molar-refractivity contribution in [2.45, 2.75) is 30.9 Å². The van der Waals surface area contributed by atoms with Gasteiger partial charge in [0.1, 0.15) is 0 Å². The monoisotopic (exact) mass is 349 g/mol. The van der Waals surface area contributed by atoms with E-state index in [-0.39, 0.29) is 11.5 Å². The number of likely N-dealkylation sites (tertiary alicyclic amines) is 1. The second-order valence-electron chi connectivity index (χ2n) is 7.46. The van der Waals surface area contributed by atoms with Crippen LogP contribution in [0.1, 0.15) is 28.9 Å². The fourth-order valence-corrected chi connectivity index (χ4v) is 4.95. The number of piperazine rings is 1. The molecule has 6 heteroatoms. The van der Waals surface area contributed by atoms with Crippen molar-refractivity contribution in [3.05, 3.63) is 22.4 Å². The van der Waals surface area contributed by atoms with Crippen LogP contribution in [0, 0.1) is 0 Å². The van der Waals surface area contributed by atoms with Gasteiger partial charge in [0, 0.05) is 45.3 Å². The molecule has 0 N–H and O–H groups in total. The van der Waals surface area contributed by atoms with Gasteiger partial charge >= 0.3 is 0 Å². The zero-order chi connectivity index (χ0) is 16.6. The minimum Gasteiger partial charge on any atom is -0.373 e. The van der Waals surface area contributed by atoms with E-state index < -0.39 is 0 Å². The number of amides is 1. The Morgan fingerprint density at radius 3 is 2.62 bits per heavy atom. The number of rotatable bonds is 2. The molecule has 0 saturated carbocycles. The summed E-state index contributed by atoms with van der Waals surface area (Å²) in [6.07, 6.45) is 3.10. The zero-order valence-electron chi connectivity index (χ0n) is 14.4. The molecule has 5 nitrogen and oxygen atoms in total. The molecule has 1 atom stereocenters. The van der Waals surface area contributed by atoms with E-state index in [2.05, 4.69) is 16.8 Å². The number of ether oxygens (including phenoxy) is 1. The molecule has 3 aliphatic heterocycles. The Morgan fingerprint density at radius 2 is 1.96 bits per heavy atom. The lowest BCUT2D eigenvalue weighted by Gasteiger charge is -2.39. The summed E-state index contributed by atoms with van der Waals surface area (Å²) in [5, 5.41) is 1.97. The Balaban J connectivity index is 1.32. The molecule has 4 rings (SSSR count). The van der Waals surface area contributed by atoms with Crippen LogP contribution in [0.15, 0.2) is 17.5 Å². The summed E-state index contributed by atoms with van der Waals surface area (Å²) in [5.74, 6) is 0.188. The Morgan fingerprint density at radius 1 is 1.21 bits per heavy atom. The molecule has 132 valence electrons.